The molecule has 0 aromatic heterocycles. The van der Waals surface area contributed by atoms with Crippen LogP contribution < -0.4 is 34.5 Å². The summed E-state index contributed by atoms with van der Waals surface area (Å²) in [5.74, 6) is -1.03. The molecule has 0 heterocycles. The van der Waals surface area contributed by atoms with Crippen LogP contribution in [0, 0.1) is 0 Å². The topological polar surface area (TPSA) is 152 Å². The third-order valence-electron chi connectivity index (χ3n) is 8.48. The van der Waals surface area contributed by atoms with Gasteiger partial charge in [-0.25, -0.2) is 0 Å². The summed E-state index contributed by atoms with van der Waals surface area (Å²) in [6.07, 6.45) is 39.1. The van der Waals surface area contributed by atoms with Gasteiger partial charge in [0.2, 0.25) is 0 Å². The van der Waals surface area contributed by atoms with E-state index in [0.29, 0.717) is 19.3 Å². The van der Waals surface area contributed by atoms with Crippen molar-refractivity contribution in [3.8, 4) is 0 Å². The van der Waals surface area contributed by atoms with Crippen molar-refractivity contribution in [1.29, 1.82) is 0 Å². The largest absolute Gasteiger partial charge is 1.00 e. The minimum atomic E-state index is -4.88. The number of hydrogen-bond acceptors (Lipinski definition) is 10. The summed E-state index contributed by atoms with van der Waals surface area (Å²) in [7, 11) is -4.88. The van der Waals surface area contributed by atoms with Gasteiger partial charge in [-0.15, -0.1) is 0 Å². The molecule has 2 unspecified atom stereocenters. The van der Waals surface area contributed by atoms with E-state index in [4.69, 9.17) is 19.1 Å². The van der Waals surface area contributed by atoms with E-state index >= 15 is 0 Å². The molecule has 0 saturated carbocycles. The molecule has 0 aromatic rings. The monoisotopic (exact) mass is 792 g/mol. The molecule has 0 radical (unpaired) electrons. The molecular formula is C42H74NaO10P. The predicted molar refractivity (Wildman–Crippen MR) is 212 cm³/mol. The first-order chi connectivity index (χ1) is 25.7. The zero-order valence-corrected chi connectivity index (χ0v) is 37.1. The second-order valence-electron chi connectivity index (χ2n) is 13.6. The molecule has 308 valence electrons. The maximum Gasteiger partial charge on any atom is 1.00 e. The van der Waals surface area contributed by atoms with Crippen LogP contribution in [0.2, 0.25) is 0 Å². The van der Waals surface area contributed by atoms with E-state index < -0.39 is 51.8 Å². The number of carbonyl (C=O) groups is 2. The number of rotatable bonds is 38. The van der Waals surface area contributed by atoms with E-state index in [-0.39, 0.29) is 49.0 Å². The number of phosphoric ester groups is 1. The van der Waals surface area contributed by atoms with Crippen molar-refractivity contribution in [3.63, 3.8) is 0 Å². The number of esters is 2. The van der Waals surface area contributed by atoms with Gasteiger partial charge in [0.1, 0.15) is 12.7 Å². The Hall–Kier alpha value is -1.07. The Bertz CT molecular complexity index is 1030. The van der Waals surface area contributed by atoms with Crippen LogP contribution in [0.1, 0.15) is 168 Å². The standard InChI is InChI=1S/C42H75O10P.Na/c1-3-5-7-9-11-13-15-17-18-19-20-22-24-26-28-30-32-34-42(46)52-40(38-51-53(47,48)50-36-39(44)35-43)37-49-41(45)33-31-29-27-25-23-21-16-14-12-10-8-6-4-2;/h11,13,17-18,20,22,26,28,39-40,43-44H,3-10,12,14-16,19,21,23-25,27,29-38H2,1-2H3,(H,47,48);/q;+1/p-1/b13-11+,18-17+,22-20+,28-26+;/t39?,40-;/m1./s1. The van der Waals surface area contributed by atoms with Crippen LogP contribution in [0.3, 0.4) is 0 Å². The molecule has 0 fully saturated rings. The maximum atomic E-state index is 12.5. The van der Waals surface area contributed by atoms with Gasteiger partial charge in [0.25, 0.3) is 7.82 Å². The number of aliphatic hydroxyl groups is 2. The minimum absolute atomic E-state index is 0. The Labute approximate surface area is 350 Å². The van der Waals surface area contributed by atoms with Gasteiger partial charge in [-0.3, -0.25) is 14.2 Å². The van der Waals surface area contributed by atoms with Gasteiger partial charge in [-0.1, -0.05) is 152 Å². The van der Waals surface area contributed by atoms with E-state index in [2.05, 4.69) is 54.8 Å². The van der Waals surface area contributed by atoms with E-state index in [1.807, 2.05) is 12.2 Å². The van der Waals surface area contributed by atoms with Crippen molar-refractivity contribution < 1.29 is 77.3 Å². The molecule has 10 nitrogen and oxygen atoms in total. The van der Waals surface area contributed by atoms with Gasteiger partial charge in [0.05, 0.1) is 19.8 Å². The molecule has 12 heteroatoms. The average Bonchev–Trinajstić information content (AvgIpc) is 3.14. The third-order valence-corrected chi connectivity index (χ3v) is 9.41. The Kier molecular flexibility index (Phi) is 42.4. The summed E-state index contributed by atoms with van der Waals surface area (Å²) >= 11 is 0. The summed E-state index contributed by atoms with van der Waals surface area (Å²) in [6.45, 7) is 2.09. The molecule has 0 saturated heterocycles. The van der Waals surface area contributed by atoms with Crippen LogP contribution in [0.4, 0.5) is 0 Å². The molecule has 0 spiro atoms. The zero-order chi connectivity index (χ0) is 39.1. The van der Waals surface area contributed by atoms with Crippen molar-refractivity contribution in [3.05, 3.63) is 48.6 Å². The Balaban J connectivity index is 0. The molecule has 0 aliphatic carbocycles. The smallest absolute Gasteiger partial charge is 0.756 e. The fourth-order valence-corrected chi connectivity index (χ4v) is 6.05. The van der Waals surface area contributed by atoms with Crippen LogP contribution in [-0.2, 0) is 32.7 Å². The van der Waals surface area contributed by atoms with Crippen LogP contribution in [0.25, 0.3) is 0 Å². The summed E-state index contributed by atoms with van der Waals surface area (Å²) < 4.78 is 32.2. The van der Waals surface area contributed by atoms with E-state index in [9.17, 15) is 24.2 Å². The fourth-order valence-electron chi connectivity index (χ4n) is 5.27. The number of carbonyl (C=O) groups excluding carboxylic acids is 2. The first kappa shape index (κ1) is 55.0. The summed E-state index contributed by atoms with van der Waals surface area (Å²) in [5, 5.41) is 18.2. The molecule has 0 rings (SSSR count). The second kappa shape index (κ2) is 41.6. The molecule has 0 aliphatic heterocycles. The predicted octanol–water partition coefficient (Wildman–Crippen LogP) is 6.93. The summed E-state index contributed by atoms with van der Waals surface area (Å²) in [5.41, 5.74) is 0. The second-order valence-corrected chi connectivity index (χ2v) is 15.1. The number of aliphatic hydroxyl groups excluding tert-OH is 2. The molecule has 3 atom stereocenters. The van der Waals surface area contributed by atoms with Crippen molar-refractivity contribution in [2.45, 2.75) is 180 Å². The van der Waals surface area contributed by atoms with Crippen molar-refractivity contribution >= 4 is 19.8 Å². The van der Waals surface area contributed by atoms with Gasteiger partial charge in [0, 0.05) is 12.8 Å². The normalized spacial score (nSPS) is 14.2. The number of unbranched alkanes of at least 4 members (excludes halogenated alkanes) is 16. The molecule has 0 bridgehead atoms. The SMILES string of the molecule is CCCCC/C=C/C/C=C/C/C=C/C/C=C/CCCC(=O)O[C@H](COC(=O)CCCCCCCCCCCCCCC)COP(=O)([O-])OCC(O)CO.[Na+]. The molecular weight excluding hydrogens is 718 g/mol. The average molecular weight is 793 g/mol. The molecule has 0 aliphatic rings. The molecule has 0 amide bonds. The maximum absolute atomic E-state index is 12.5. The Morgan fingerprint density at radius 3 is 1.54 bits per heavy atom. The van der Waals surface area contributed by atoms with Crippen LogP contribution in [-0.4, -0.2) is 60.8 Å². The van der Waals surface area contributed by atoms with E-state index in [0.717, 1.165) is 44.9 Å². The van der Waals surface area contributed by atoms with E-state index in [1.165, 1.54) is 77.0 Å². The number of hydrogen-bond donors (Lipinski definition) is 2. The quantitative estimate of drug-likeness (QED) is 0.0222. The van der Waals surface area contributed by atoms with Gasteiger partial charge in [-0.05, 0) is 51.4 Å². The zero-order valence-electron chi connectivity index (χ0n) is 34.2. The van der Waals surface area contributed by atoms with Gasteiger partial charge in [0.15, 0.2) is 6.10 Å². The molecule has 0 aromatic carbocycles. The molecule has 2 N–H and O–H groups in total. The first-order valence-electron chi connectivity index (χ1n) is 20.6. The number of allylic oxidation sites excluding steroid dienone is 8. The third kappa shape index (κ3) is 40.6. The van der Waals surface area contributed by atoms with Crippen LogP contribution in [0.15, 0.2) is 48.6 Å². The Morgan fingerprint density at radius 2 is 1.02 bits per heavy atom. The fraction of sp³-hybridized carbons (Fsp3) is 0.762. The van der Waals surface area contributed by atoms with Crippen LogP contribution >= 0.6 is 7.82 Å². The number of phosphoric acid groups is 1. The van der Waals surface area contributed by atoms with Crippen molar-refractivity contribution in [2.24, 2.45) is 0 Å². The van der Waals surface area contributed by atoms with Crippen molar-refractivity contribution in [2.75, 3.05) is 26.4 Å². The first-order valence-corrected chi connectivity index (χ1v) is 22.0. The van der Waals surface area contributed by atoms with Gasteiger partial charge >= 0.3 is 41.5 Å². The minimum Gasteiger partial charge on any atom is -0.756 e. The molecule has 54 heavy (non-hydrogen) atoms. The van der Waals surface area contributed by atoms with E-state index in [1.54, 1.807) is 0 Å². The Morgan fingerprint density at radius 1 is 0.593 bits per heavy atom. The summed E-state index contributed by atoms with van der Waals surface area (Å²) in [4.78, 5) is 37.0. The van der Waals surface area contributed by atoms with Gasteiger partial charge in [-0.2, -0.15) is 0 Å². The number of ether oxygens (including phenoxy) is 2. The van der Waals surface area contributed by atoms with Gasteiger partial charge < -0.3 is 33.6 Å². The van der Waals surface area contributed by atoms with Crippen LogP contribution in [0.5, 0.6) is 0 Å². The van der Waals surface area contributed by atoms with Crippen molar-refractivity contribution in [1.82, 2.24) is 0 Å². The summed E-state index contributed by atoms with van der Waals surface area (Å²) in [6, 6.07) is 0.